The van der Waals surface area contributed by atoms with Crippen LogP contribution in [0.3, 0.4) is 0 Å². The molecule has 34 heavy (non-hydrogen) atoms. The summed E-state index contributed by atoms with van der Waals surface area (Å²) in [6.07, 6.45) is 5.39. The number of rotatable bonds is 6. The van der Waals surface area contributed by atoms with Crippen molar-refractivity contribution in [2.24, 2.45) is 0 Å². The number of hydrogen-bond donors (Lipinski definition) is 1. The van der Waals surface area contributed by atoms with Crippen LogP contribution >= 0.6 is 23.1 Å². The maximum atomic E-state index is 12.9. The molecule has 1 aromatic carbocycles. The lowest BCUT2D eigenvalue weighted by molar-refractivity contribution is -0.128. The molecule has 3 aromatic rings. The minimum atomic E-state index is -0.0208. The maximum Gasteiger partial charge on any atom is 0.259 e. The number of aryl methyl sites for hydroxylation is 3. The third kappa shape index (κ3) is 5.24. The van der Waals surface area contributed by atoms with Gasteiger partial charge in [-0.2, -0.15) is 0 Å². The predicted octanol–water partition coefficient (Wildman–Crippen LogP) is 4.14. The van der Waals surface area contributed by atoms with Crippen molar-refractivity contribution in [1.29, 1.82) is 0 Å². The van der Waals surface area contributed by atoms with E-state index in [1.807, 2.05) is 4.90 Å². The van der Waals surface area contributed by atoms with Gasteiger partial charge in [0.15, 0.2) is 0 Å². The van der Waals surface area contributed by atoms with Gasteiger partial charge < -0.3 is 9.88 Å². The lowest BCUT2D eigenvalue weighted by Crippen LogP contribution is -2.36. The summed E-state index contributed by atoms with van der Waals surface area (Å²) < 4.78 is 0. The second-order valence-corrected chi connectivity index (χ2v) is 11.4. The third-order valence-corrected chi connectivity index (χ3v) is 9.05. The molecule has 8 heteroatoms. The smallest absolute Gasteiger partial charge is 0.259 e. The molecule has 1 aliphatic carbocycles. The van der Waals surface area contributed by atoms with E-state index < -0.39 is 0 Å². The minimum absolute atomic E-state index is 0.0208. The first-order valence-electron chi connectivity index (χ1n) is 12.2. The van der Waals surface area contributed by atoms with Gasteiger partial charge in [-0.25, -0.2) is 4.98 Å². The van der Waals surface area contributed by atoms with Crippen molar-refractivity contribution in [2.75, 3.05) is 31.9 Å². The van der Waals surface area contributed by atoms with E-state index in [0.29, 0.717) is 17.3 Å². The van der Waals surface area contributed by atoms with Crippen LogP contribution in [0, 0.1) is 6.92 Å². The number of hydrogen-bond acceptors (Lipinski definition) is 6. The van der Waals surface area contributed by atoms with E-state index in [9.17, 15) is 9.59 Å². The van der Waals surface area contributed by atoms with Crippen molar-refractivity contribution in [3.05, 3.63) is 62.0 Å². The number of aromatic amines is 1. The number of nitrogens with one attached hydrogen (secondary N) is 1. The number of fused-ring (bicyclic) bond motifs is 3. The lowest BCUT2D eigenvalue weighted by Gasteiger charge is -2.22. The fraction of sp³-hybridized carbons (Fsp3) is 0.500. The van der Waals surface area contributed by atoms with Crippen LogP contribution in [-0.2, 0) is 29.9 Å². The molecule has 0 spiro atoms. The van der Waals surface area contributed by atoms with E-state index in [2.05, 4.69) is 41.1 Å². The Morgan fingerprint density at radius 1 is 1.12 bits per heavy atom. The van der Waals surface area contributed by atoms with Gasteiger partial charge in [0.25, 0.3) is 5.56 Å². The van der Waals surface area contributed by atoms with Crippen molar-refractivity contribution in [3.63, 3.8) is 0 Å². The van der Waals surface area contributed by atoms with Gasteiger partial charge in [0.1, 0.15) is 10.7 Å². The van der Waals surface area contributed by atoms with Gasteiger partial charge in [0.05, 0.1) is 16.9 Å². The Labute approximate surface area is 208 Å². The second kappa shape index (κ2) is 10.6. The number of thioether (sulfide) groups is 1. The van der Waals surface area contributed by atoms with Crippen LogP contribution in [0.4, 0.5) is 0 Å². The summed E-state index contributed by atoms with van der Waals surface area (Å²) in [7, 11) is 0. The highest BCUT2D eigenvalue weighted by molar-refractivity contribution is 7.99. The monoisotopic (exact) mass is 496 g/mol. The summed E-state index contributed by atoms with van der Waals surface area (Å²) in [5.41, 5.74) is 3.88. The Kier molecular flexibility index (Phi) is 7.37. The van der Waals surface area contributed by atoms with Crippen LogP contribution in [-0.4, -0.2) is 57.6 Å². The molecule has 6 nitrogen and oxygen atoms in total. The molecule has 1 amide bonds. The van der Waals surface area contributed by atoms with Gasteiger partial charge in [0, 0.05) is 37.6 Å². The van der Waals surface area contributed by atoms with E-state index >= 15 is 0 Å². The van der Waals surface area contributed by atoms with Crippen molar-refractivity contribution in [2.45, 2.75) is 51.3 Å². The molecule has 1 fully saturated rings. The van der Waals surface area contributed by atoms with E-state index in [4.69, 9.17) is 4.98 Å². The Morgan fingerprint density at radius 2 is 1.97 bits per heavy atom. The first-order valence-corrected chi connectivity index (χ1v) is 14.2. The molecule has 0 bridgehead atoms. The number of amides is 1. The van der Waals surface area contributed by atoms with E-state index in [1.54, 1.807) is 11.3 Å². The molecule has 0 atom stereocenters. The van der Waals surface area contributed by atoms with Crippen LogP contribution in [0.25, 0.3) is 10.2 Å². The van der Waals surface area contributed by atoms with Crippen molar-refractivity contribution in [1.82, 2.24) is 19.8 Å². The Hall–Kier alpha value is -2.16. The average Bonchev–Trinajstić information content (AvgIpc) is 3.04. The fourth-order valence-corrected chi connectivity index (χ4v) is 7.08. The van der Waals surface area contributed by atoms with E-state index in [1.165, 1.54) is 39.8 Å². The quantitative estimate of drug-likeness (QED) is 0.556. The third-order valence-electron chi connectivity index (χ3n) is 6.93. The molecule has 2 aliphatic rings. The molecule has 0 saturated carbocycles. The Balaban J connectivity index is 1.14. The molecule has 5 rings (SSSR count). The Morgan fingerprint density at radius 3 is 2.85 bits per heavy atom. The largest absolute Gasteiger partial charge is 0.341 e. The van der Waals surface area contributed by atoms with Gasteiger partial charge in [-0.3, -0.25) is 14.5 Å². The minimum Gasteiger partial charge on any atom is -0.341 e. The first-order chi connectivity index (χ1) is 16.6. The fourth-order valence-electron chi connectivity index (χ4n) is 5.01. The molecule has 1 aliphatic heterocycles. The highest BCUT2D eigenvalue weighted by Gasteiger charge is 2.21. The van der Waals surface area contributed by atoms with E-state index in [-0.39, 0.29) is 11.5 Å². The summed E-state index contributed by atoms with van der Waals surface area (Å²) in [4.78, 5) is 39.9. The van der Waals surface area contributed by atoms with Crippen LogP contribution in [0.5, 0.6) is 0 Å². The summed E-state index contributed by atoms with van der Waals surface area (Å²) >= 11 is 3.21. The predicted molar refractivity (Wildman–Crippen MR) is 141 cm³/mol. The van der Waals surface area contributed by atoms with Crippen molar-refractivity contribution < 1.29 is 4.79 Å². The van der Waals surface area contributed by atoms with Gasteiger partial charge in [0.2, 0.25) is 5.91 Å². The highest BCUT2D eigenvalue weighted by Crippen LogP contribution is 2.33. The summed E-state index contributed by atoms with van der Waals surface area (Å²) in [6.45, 7) is 6.60. The number of thiophene rings is 1. The normalized spacial score (nSPS) is 17.0. The number of aromatic nitrogens is 2. The standard InChI is InChI=1S/C26H32N4O2S2/c1-18-7-2-3-8-19(18)15-29-11-6-12-30(14-13-29)23(31)17-33-16-22-27-25(32)24-20-9-4-5-10-21(20)34-26(24)28-22/h2-3,7-8H,4-6,9-17H2,1H3,(H,27,28,32). The van der Waals surface area contributed by atoms with E-state index in [0.717, 1.165) is 68.6 Å². The van der Waals surface area contributed by atoms with Crippen molar-refractivity contribution in [3.8, 4) is 0 Å². The summed E-state index contributed by atoms with van der Waals surface area (Å²) in [5, 5.41) is 0.796. The molecule has 0 radical (unpaired) electrons. The van der Waals surface area contributed by atoms with Crippen LogP contribution in [0.2, 0.25) is 0 Å². The lowest BCUT2D eigenvalue weighted by atomic mass is 9.97. The summed E-state index contributed by atoms with van der Waals surface area (Å²) in [6, 6.07) is 8.53. The topological polar surface area (TPSA) is 69.3 Å². The molecular formula is C26H32N4O2S2. The molecule has 0 unspecified atom stereocenters. The molecule has 2 aromatic heterocycles. The second-order valence-electron chi connectivity index (χ2n) is 9.33. The first kappa shape index (κ1) is 23.6. The van der Waals surface area contributed by atoms with Gasteiger partial charge in [-0.1, -0.05) is 24.3 Å². The highest BCUT2D eigenvalue weighted by atomic mass is 32.2. The number of carbonyl (C=O) groups is 1. The Bertz CT molecular complexity index is 1240. The number of carbonyl (C=O) groups excluding carboxylic acids is 1. The zero-order valence-electron chi connectivity index (χ0n) is 19.8. The molecule has 3 heterocycles. The SMILES string of the molecule is Cc1ccccc1CN1CCCN(C(=O)CSCc2nc3sc4c(c3c(=O)[nH]2)CCCC4)CC1. The molecular weight excluding hydrogens is 464 g/mol. The molecule has 1 N–H and O–H groups in total. The zero-order valence-corrected chi connectivity index (χ0v) is 21.4. The van der Waals surface area contributed by atoms with Crippen molar-refractivity contribution >= 4 is 39.2 Å². The maximum absolute atomic E-state index is 12.9. The molecule has 180 valence electrons. The summed E-state index contributed by atoms with van der Waals surface area (Å²) in [5.74, 6) is 1.82. The number of benzene rings is 1. The molecule has 1 saturated heterocycles. The van der Waals surface area contributed by atoms with Crippen LogP contribution in [0.15, 0.2) is 29.1 Å². The van der Waals surface area contributed by atoms with Gasteiger partial charge in [-0.15, -0.1) is 23.1 Å². The van der Waals surface area contributed by atoms with Crippen LogP contribution < -0.4 is 5.56 Å². The van der Waals surface area contributed by atoms with Gasteiger partial charge in [-0.05, 0) is 55.7 Å². The number of nitrogens with zero attached hydrogens (tertiary/aromatic N) is 3. The zero-order chi connectivity index (χ0) is 23.5. The van der Waals surface area contributed by atoms with Gasteiger partial charge >= 0.3 is 0 Å². The number of H-pyrrole nitrogens is 1. The average molecular weight is 497 g/mol. The van der Waals surface area contributed by atoms with Crippen LogP contribution in [0.1, 0.15) is 46.7 Å².